The number of aromatic nitrogens is 3. The summed E-state index contributed by atoms with van der Waals surface area (Å²) < 4.78 is 23.8. The third kappa shape index (κ3) is 4.51. The Kier molecular flexibility index (Phi) is 6.37. The molecule has 186 valence electrons. The molecule has 0 radical (unpaired) electrons. The number of amides is 1. The topological polar surface area (TPSA) is 96.2 Å². The van der Waals surface area contributed by atoms with E-state index in [4.69, 9.17) is 29.0 Å². The SMILES string of the molecule is COc1ccc(-c2cc3nc(C)c(CCC(=O)Nc4ccc5c(c4)OCCO5)c(C)n3n2)c(OC)c1. The molecule has 2 aromatic carbocycles. The van der Waals surface area contributed by atoms with Crippen molar-refractivity contribution in [3.8, 4) is 34.3 Å². The van der Waals surface area contributed by atoms with Gasteiger partial charge in [-0.1, -0.05) is 0 Å². The minimum atomic E-state index is -0.0882. The van der Waals surface area contributed by atoms with E-state index in [-0.39, 0.29) is 5.91 Å². The lowest BCUT2D eigenvalue weighted by Gasteiger charge is -2.19. The largest absolute Gasteiger partial charge is 0.497 e. The van der Waals surface area contributed by atoms with Crippen molar-refractivity contribution >= 4 is 17.2 Å². The molecular weight excluding hydrogens is 460 g/mol. The molecule has 0 spiro atoms. The van der Waals surface area contributed by atoms with Crippen LogP contribution in [0.1, 0.15) is 23.4 Å². The number of carbonyl (C=O) groups is 1. The highest BCUT2D eigenvalue weighted by atomic mass is 16.6. The molecule has 0 unspecified atom stereocenters. The van der Waals surface area contributed by atoms with Crippen molar-refractivity contribution in [3.05, 3.63) is 59.4 Å². The van der Waals surface area contributed by atoms with Crippen molar-refractivity contribution in [3.63, 3.8) is 0 Å². The first-order chi connectivity index (χ1) is 17.5. The number of hydrogen-bond acceptors (Lipinski definition) is 7. The summed E-state index contributed by atoms with van der Waals surface area (Å²) in [5.41, 5.74) is 5.83. The van der Waals surface area contributed by atoms with E-state index in [1.165, 1.54) is 0 Å². The second-order valence-electron chi connectivity index (χ2n) is 8.53. The Morgan fingerprint density at radius 3 is 2.61 bits per heavy atom. The molecule has 0 bridgehead atoms. The van der Waals surface area contributed by atoms with Gasteiger partial charge in [-0.25, -0.2) is 9.50 Å². The summed E-state index contributed by atoms with van der Waals surface area (Å²) in [6, 6.07) is 13.0. The molecule has 5 rings (SSSR count). The Hall–Kier alpha value is -4.27. The van der Waals surface area contributed by atoms with E-state index in [0.29, 0.717) is 54.7 Å². The smallest absolute Gasteiger partial charge is 0.224 e. The van der Waals surface area contributed by atoms with Gasteiger partial charge < -0.3 is 24.3 Å². The molecule has 0 saturated heterocycles. The number of anilines is 1. The Morgan fingerprint density at radius 2 is 1.83 bits per heavy atom. The second-order valence-corrected chi connectivity index (χ2v) is 8.53. The van der Waals surface area contributed by atoms with Crippen molar-refractivity contribution in [2.75, 3.05) is 32.8 Å². The van der Waals surface area contributed by atoms with Crippen LogP contribution in [-0.4, -0.2) is 47.9 Å². The third-order valence-electron chi connectivity index (χ3n) is 6.28. The van der Waals surface area contributed by atoms with E-state index >= 15 is 0 Å². The van der Waals surface area contributed by atoms with E-state index in [0.717, 1.165) is 33.9 Å². The zero-order chi connectivity index (χ0) is 25.2. The first-order valence-electron chi connectivity index (χ1n) is 11.7. The summed E-state index contributed by atoms with van der Waals surface area (Å²) in [5.74, 6) is 2.62. The number of fused-ring (bicyclic) bond motifs is 2. The monoisotopic (exact) mass is 488 g/mol. The molecule has 36 heavy (non-hydrogen) atoms. The first kappa shape index (κ1) is 23.5. The molecular formula is C27H28N4O5. The lowest BCUT2D eigenvalue weighted by atomic mass is 10.1. The van der Waals surface area contributed by atoms with Gasteiger partial charge in [0.1, 0.15) is 24.7 Å². The summed E-state index contributed by atoms with van der Waals surface area (Å²) in [7, 11) is 3.24. The molecule has 1 N–H and O–H groups in total. The minimum Gasteiger partial charge on any atom is -0.497 e. The fourth-order valence-electron chi connectivity index (χ4n) is 4.41. The van der Waals surface area contributed by atoms with Crippen LogP contribution >= 0.6 is 0 Å². The molecule has 0 aliphatic carbocycles. The van der Waals surface area contributed by atoms with E-state index in [1.807, 2.05) is 54.8 Å². The van der Waals surface area contributed by atoms with Gasteiger partial charge in [0.25, 0.3) is 0 Å². The van der Waals surface area contributed by atoms with Gasteiger partial charge in [-0.3, -0.25) is 4.79 Å². The van der Waals surface area contributed by atoms with Crippen molar-refractivity contribution in [2.24, 2.45) is 0 Å². The number of methoxy groups -OCH3 is 2. The van der Waals surface area contributed by atoms with Crippen LogP contribution in [0.4, 0.5) is 5.69 Å². The zero-order valence-corrected chi connectivity index (χ0v) is 20.8. The minimum absolute atomic E-state index is 0.0882. The fourth-order valence-corrected chi connectivity index (χ4v) is 4.41. The van der Waals surface area contributed by atoms with Crippen molar-refractivity contribution in [1.29, 1.82) is 0 Å². The van der Waals surface area contributed by atoms with E-state index in [9.17, 15) is 4.79 Å². The van der Waals surface area contributed by atoms with Crippen LogP contribution in [0.3, 0.4) is 0 Å². The van der Waals surface area contributed by atoms with Gasteiger partial charge >= 0.3 is 0 Å². The van der Waals surface area contributed by atoms with Gasteiger partial charge in [0.05, 0.1) is 19.9 Å². The number of nitrogens with zero attached hydrogens (tertiary/aromatic N) is 3. The second kappa shape index (κ2) is 9.77. The van der Waals surface area contributed by atoms with Gasteiger partial charge in [-0.2, -0.15) is 5.10 Å². The Labute approximate surface area is 209 Å². The summed E-state index contributed by atoms with van der Waals surface area (Å²) in [6.45, 7) is 4.99. The molecule has 1 aliphatic rings. The quantitative estimate of drug-likeness (QED) is 0.413. The molecule has 9 nitrogen and oxygen atoms in total. The summed E-state index contributed by atoms with van der Waals surface area (Å²) in [4.78, 5) is 17.5. The maximum atomic E-state index is 12.7. The molecule has 3 heterocycles. The van der Waals surface area contributed by atoms with E-state index in [2.05, 4.69) is 5.32 Å². The van der Waals surface area contributed by atoms with Crippen LogP contribution in [0.15, 0.2) is 42.5 Å². The lowest BCUT2D eigenvalue weighted by Crippen LogP contribution is -2.17. The number of aryl methyl sites for hydroxylation is 2. The molecule has 1 amide bonds. The fraction of sp³-hybridized carbons (Fsp3) is 0.296. The maximum absolute atomic E-state index is 12.7. The van der Waals surface area contributed by atoms with E-state index in [1.54, 1.807) is 20.3 Å². The standard InChI is InChI=1S/C27H28N4O5/c1-16-20(8-10-27(32)29-18-5-9-23-25(13-18)36-12-11-35-23)17(2)31-26(28-16)15-22(30-31)21-7-6-19(33-3)14-24(21)34-4/h5-7,9,13-15H,8,10-12H2,1-4H3,(H,29,32). The zero-order valence-electron chi connectivity index (χ0n) is 20.8. The van der Waals surface area contributed by atoms with Crippen molar-refractivity contribution < 1.29 is 23.7 Å². The predicted octanol–water partition coefficient (Wildman–Crippen LogP) is 4.37. The predicted molar refractivity (Wildman–Crippen MR) is 135 cm³/mol. The van der Waals surface area contributed by atoms with Gasteiger partial charge in [0.2, 0.25) is 5.91 Å². The molecule has 0 saturated carbocycles. The number of rotatable bonds is 7. The van der Waals surface area contributed by atoms with E-state index < -0.39 is 0 Å². The Bertz CT molecular complexity index is 1450. The first-order valence-corrected chi connectivity index (χ1v) is 11.7. The third-order valence-corrected chi connectivity index (χ3v) is 6.28. The summed E-state index contributed by atoms with van der Waals surface area (Å²) in [5, 5.41) is 7.74. The number of nitrogens with one attached hydrogen (secondary N) is 1. The van der Waals surface area contributed by atoms with Gasteiger partial charge in [0, 0.05) is 47.3 Å². The Morgan fingerprint density at radius 1 is 1.03 bits per heavy atom. The molecule has 1 aliphatic heterocycles. The highest BCUT2D eigenvalue weighted by Gasteiger charge is 2.17. The van der Waals surface area contributed by atoms with Crippen LogP contribution < -0.4 is 24.3 Å². The average molecular weight is 489 g/mol. The number of benzene rings is 2. The molecule has 0 atom stereocenters. The van der Waals surface area contributed by atoms with Gasteiger partial charge in [0.15, 0.2) is 17.1 Å². The van der Waals surface area contributed by atoms with Crippen LogP contribution in [0.2, 0.25) is 0 Å². The Balaban J connectivity index is 1.35. The number of carbonyl (C=O) groups excluding carboxylic acids is 1. The van der Waals surface area contributed by atoms with Gasteiger partial charge in [-0.15, -0.1) is 0 Å². The molecule has 9 heteroatoms. The van der Waals surface area contributed by atoms with Crippen molar-refractivity contribution in [2.45, 2.75) is 26.7 Å². The molecule has 4 aromatic rings. The van der Waals surface area contributed by atoms with Crippen LogP contribution in [0, 0.1) is 13.8 Å². The van der Waals surface area contributed by atoms with Crippen LogP contribution in [-0.2, 0) is 11.2 Å². The normalized spacial score (nSPS) is 12.4. The highest BCUT2D eigenvalue weighted by Crippen LogP contribution is 2.34. The average Bonchev–Trinajstić information content (AvgIpc) is 3.32. The summed E-state index contributed by atoms with van der Waals surface area (Å²) >= 11 is 0. The summed E-state index contributed by atoms with van der Waals surface area (Å²) in [6.07, 6.45) is 0.849. The lowest BCUT2D eigenvalue weighted by molar-refractivity contribution is -0.116. The van der Waals surface area contributed by atoms with Gasteiger partial charge in [-0.05, 0) is 50.1 Å². The van der Waals surface area contributed by atoms with Crippen LogP contribution in [0.5, 0.6) is 23.0 Å². The number of ether oxygens (including phenoxy) is 4. The maximum Gasteiger partial charge on any atom is 0.224 e. The highest BCUT2D eigenvalue weighted by molar-refractivity contribution is 5.91. The number of hydrogen-bond donors (Lipinski definition) is 1. The van der Waals surface area contributed by atoms with Crippen LogP contribution in [0.25, 0.3) is 16.9 Å². The molecule has 0 fully saturated rings. The molecule has 2 aromatic heterocycles. The van der Waals surface area contributed by atoms with Crippen molar-refractivity contribution in [1.82, 2.24) is 14.6 Å².